The molecule has 0 rings (SSSR count). The van der Waals surface area contributed by atoms with Crippen molar-refractivity contribution in [3.05, 3.63) is 20.1 Å². The van der Waals surface area contributed by atoms with E-state index in [-0.39, 0.29) is 19.9 Å². The van der Waals surface area contributed by atoms with Crippen molar-refractivity contribution >= 4 is 92.8 Å². The van der Waals surface area contributed by atoms with Crippen molar-refractivity contribution in [3.8, 4) is 0 Å². The molecule has 0 aliphatic heterocycles. The van der Waals surface area contributed by atoms with Crippen LogP contribution < -0.4 is 0 Å². The standard InChI is InChI=1S/2C3H2Cl4/c4-1-2(5)3(6)7;4-2(5)1-3(6)7/h1H2;1-2H. The van der Waals surface area contributed by atoms with Crippen molar-refractivity contribution in [1.82, 2.24) is 0 Å². The topological polar surface area (TPSA) is 0 Å². The van der Waals surface area contributed by atoms with Crippen LogP contribution in [-0.4, -0.2) is 10.7 Å². The molecule has 0 fully saturated rings. The van der Waals surface area contributed by atoms with Crippen LogP contribution >= 0.6 is 92.8 Å². The lowest BCUT2D eigenvalue weighted by atomic mass is 10.7. The molecule has 0 nitrogen and oxygen atoms in total. The van der Waals surface area contributed by atoms with E-state index in [0.717, 1.165) is 0 Å². The van der Waals surface area contributed by atoms with Gasteiger partial charge in [-0.25, -0.2) is 0 Å². The number of allylic oxidation sites excluding steroid dienone is 2. The number of hydrogen-bond acceptors (Lipinski definition) is 0. The van der Waals surface area contributed by atoms with Gasteiger partial charge in [0.25, 0.3) is 0 Å². The molecule has 0 spiro atoms. The molecule has 0 aromatic heterocycles. The fourth-order valence-corrected chi connectivity index (χ4v) is 1.31. The average Bonchev–Trinajstić information content (AvgIpc) is 2.01. The van der Waals surface area contributed by atoms with Crippen molar-refractivity contribution in [1.29, 1.82) is 0 Å². The lowest BCUT2D eigenvalue weighted by molar-refractivity contribution is 1.61. The van der Waals surface area contributed by atoms with E-state index in [4.69, 9.17) is 92.8 Å². The van der Waals surface area contributed by atoms with E-state index in [1.807, 2.05) is 0 Å². The van der Waals surface area contributed by atoms with Crippen LogP contribution in [0.1, 0.15) is 0 Å². The summed E-state index contributed by atoms with van der Waals surface area (Å²) in [5.74, 6) is 0.171. The van der Waals surface area contributed by atoms with Gasteiger partial charge in [0.1, 0.15) is 13.8 Å². The van der Waals surface area contributed by atoms with Gasteiger partial charge in [-0.3, -0.25) is 0 Å². The summed E-state index contributed by atoms with van der Waals surface area (Å²) in [4.78, 5) is -0.606. The molecule has 0 bridgehead atoms. The van der Waals surface area contributed by atoms with Gasteiger partial charge in [0.15, 0.2) is 0 Å². The fraction of sp³-hybridized carbons (Fsp3) is 0.333. The first-order valence-electron chi connectivity index (χ1n) is 2.87. The van der Waals surface area contributed by atoms with Crippen molar-refractivity contribution in [2.24, 2.45) is 0 Å². The Morgan fingerprint density at radius 3 is 1.43 bits per heavy atom. The van der Waals surface area contributed by atoms with E-state index >= 15 is 0 Å². The highest BCUT2D eigenvalue weighted by Gasteiger charge is 1.93. The van der Waals surface area contributed by atoms with Crippen molar-refractivity contribution in [2.45, 2.75) is 4.84 Å². The molecule has 0 aromatic rings. The first-order valence-corrected chi connectivity index (χ1v) is 6.17. The van der Waals surface area contributed by atoms with Crippen molar-refractivity contribution < 1.29 is 0 Å². The highest BCUT2D eigenvalue weighted by atomic mass is 35.5. The van der Waals surface area contributed by atoms with E-state index in [1.165, 1.54) is 6.08 Å². The molecule has 0 saturated carbocycles. The third kappa shape index (κ3) is 16.2. The third-order valence-corrected chi connectivity index (χ3v) is 2.45. The van der Waals surface area contributed by atoms with Crippen LogP contribution in [-0.2, 0) is 0 Å². The molecule has 0 atom stereocenters. The molecule has 8 heteroatoms. The molecular weight excluding hydrogens is 356 g/mol. The zero-order valence-corrected chi connectivity index (χ0v) is 12.4. The number of rotatable bonds is 2. The summed E-state index contributed by atoms with van der Waals surface area (Å²) < 4.78 is 0.131. The van der Waals surface area contributed by atoms with E-state index in [2.05, 4.69) is 0 Å². The molecule has 0 amide bonds. The molecule has 0 aliphatic rings. The third-order valence-electron chi connectivity index (χ3n) is 0.574. The summed E-state index contributed by atoms with van der Waals surface area (Å²) in [6, 6.07) is 0. The van der Waals surface area contributed by atoms with Crippen LogP contribution in [0.25, 0.3) is 0 Å². The Morgan fingerprint density at radius 1 is 1.00 bits per heavy atom. The first kappa shape index (κ1) is 18.2. The zero-order chi connectivity index (χ0) is 11.7. The van der Waals surface area contributed by atoms with Gasteiger partial charge in [-0.15, -0.1) is 34.8 Å². The number of hydrogen-bond donors (Lipinski definition) is 0. The largest absolute Gasteiger partial charge is 0.128 e. The van der Waals surface area contributed by atoms with Gasteiger partial charge < -0.3 is 0 Å². The molecular formula is C6H4Cl8. The Kier molecular flexibility index (Phi) is 14.7. The first-order chi connectivity index (χ1) is 6.31. The summed E-state index contributed by atoms with van der Waals surface area (Å²) in [6.45, 7) is 0. The maximum atomic E-state index is 5.28. The van der Waals surface area contributed by atoms with Crippen LogP contribution in [0.2, 0.25) is 0 Å². The normalized spacial score (nSPS) is 8.93. The lowest BCUT2D eigenvalue weighted by Gasteiger charge is -1.85. The van der Waals surface area contributed by atoms with Gasteiger partial charge in [-0.2, -0.15) is 0 Å². The number of halogens is 8. The van der Waals surface area contributed by atoms with E-state index in [9.17, 15) is 0 Å². The Bertz CT molecular complexity index is 198. The van der Waals surface area contributed by atoms with Gasteiger partial charge in [-0.1, -0.05) is 58.0 Å². The molecule has 0 heterocycles. The van der Waals surface area contributed by atoms with Crippen LogP contribution in [0.4, 0.5) is 0 Å². The monoisotopic (exact) mass is 356 g/mol. The SMILES string of the molecule is ClC(Cl)=CC(Cl)Cl.ClCC(Cl)=C(Cl)Cl. The maximum absolute atomic E-state index is 5.28. The Hall–Kier alpha value is 1.80. The fourth-order valence-electron chi connectivity index (χ4n) is 0.146. The van der Waals surface area contributed by atoms with Crippen molar-refractivity contribution in [2.75, 3.05) is 5.88 Å². The molecule has 0 N–H and O–H groups in total. The minimum absolute atomic E-state index is 0.0386. The second-order valence-electron chi connectivity index (χ2n) is 1.59. The molecule has 84 valence electrons. The predicted molar refractivity (Wildman–Crippen MR) is 70.6 cm³/mol. The minimum atomic E-state index is -0.606. The van der Waals surface area contributed by atoms with Gasteiger partial charge in [0, 0.05) is 0 Å². The quantitative estimate of drug-likeness (QED) is 0.513. The second-order valence-corrected chi connectivity index (χ2v) is 5.43. The van der Waals surface area contributed by atoms with Crippen molar-refractivity contribution in [3.63, 3.8) is 0 Å². The Labute approximate surface area is 123 Å². The summed E-state index contributed by atoms with van der Waals surface area (Å²) >= 11 is 41.4. The summed E-state index contributed by atoms with van der Waals surface area (Å²) in [5.41, 5.74) is 0. The molecule has 0 aliphatic carbocycles. The van der Waals surface area contributed by atoms with E-state index in [0.29, 0.717) is 0 Å². The highest BCUT2D eigenvalue weighted by Crippen LogP contribution is 2.17. The summed E-state index contributed by atoms with van der Waals surface area (Å²) in [7, 11) is 0. The minimum Gasteiger partial charge on any atom is -0.120 e. The van der Waals surface area contributed by atoms with E-state index < -0.39 is 4.84 Å². The second kappa shape index (κ2) is 11.3. The summed E-state index contributed by atoms with van der Waals surface area (Å²) in [6.07, 6.45) is 1.31. The molecule has 0 aromatic carbocycles. The zero-order valence-electron chi connectivity index (χ0n) is 6.39. The molecule has 0 saturated heterocycles. The van der Waals surface area contributed by atoms with E-state index in [1.54, 1.807) is 0 Å². The highest BCUT2D eigenvalue weighted by molar-refractivity contribution is 6.60. The number of alkyl halides is 3. The van der Waals surface area contributed by atoms with Gasteiger partial charge in [0.05, 0.1) is 10.9 Å². The molecule has 14 heavy (non-hydrogen) atoms. The summed E-state index contributed by atoms with van der Waals surface area (Å²) in [5, 5.41) is 0.282. The smallest absolute Gasteiger partial charge is 0.120 e. The van der Waals surface area contributed by atoms with Crippen LogP contribution in [0.5, 0.6) is 0 Å². The Balaban J connectivity index is 0. The molecule has 0 radical (unpaired) electrons. The van der Waals surface area contributed by atoms with Gasteiger partial charge >= 0.3 is 0 Å². The Morgan fingerprint density at radius 2 is 1.43 bits per heavy atom. The average molecular weight is 360 g/mol. The molecule has 0 unspecified atom stereocenters. The van der Waals surface area contributed by atoms with Crippen LogP contribution in [0.3, 0.4) is 0 Å². The predicted octanol–water partition coefficient (Wildman–Crippen LogP) is 6.22. The van der Waals surface area contributed by atoms with Crippen LogP contribution in [0.15, 0.2) is 20.1 Å². The lowest BCUT2D eigenvalue weighted by Crippen LogP contribution is -1.73. The van der Waals surface area contributed by atoms with Gasteiger partial charge in [-0.05, 0) is 6.08 Å². The maximum Gasteiger partial charge on any atom is 0.128 e. The van der Waals surface area contributed by atoms with Crippen LogP contribution in [0, 0.1) is 0 Å². The van der Waals surface area contributed by atoms with Gasteiger partial charge in [0.2, 0.25) is 0 Å².